The van der Waals surface area contributed by atoms with Gasteiger partial charge in [0.15, 0.2) is 0 Å². The van der Waals surface area contributed by atoms with Gasteiger partial charge in [-0.3, -0.25) is 4.98 Å². The second-order valence-electron chi connectivity index (χ2n) is 5.80. The Kier molecular flexibility index (Phi) is 3.68. The van der Waals surface area contributed by atoms with E-state index in [9.17, 15) is 0 Å². The van der Waals surface area contributed by atoms with Gasteiger partial charge in [-0.15, -0.1) is 0 Å². The number of fused-ring (bicyclic) bond motifs is 1. The first-order chi connectivity index (χ1) is 9.77. The van der Waals surface area contributed by atoms with Gasteiger partial charge in [0.1, 0.15) is 0 Å². The fourth-order valence-electron chi connectivity index (χ4n) is 3.31. The first-order valence-corrected chi connectivity index (χ1v) is 7.41. The molecule has 1 unspecified atom stereocenters. The largest absolute Gasteiger partial charge is 0.264 e. The number of aryl methyl sites for hydroxylation is 1. The maximum atomic E-state index is 4.33. The molecule has 1 aliphatic carbocycles. The summed E-state index contributed by atoms with van der Waals surface area (Å²) in [4.78, 5) is 4.33. The van der Waals surface area contributed by atoms with Crippen LogP contribution in [0.5, 0.6) is 0 Å². The van der Waals surface area contributed by atoms with E-state index in [2.05, 4.69) is 49.2 Å². The van der Waals surface area contributed by atoms with E-state index in [1.165, 1.54) is 41.5 Å². The highest BCUT2D eigenvalue weighted by molar-refractivity contribution is 5.46. The Balaban J connectivity index is 2.21. The van der Waals surface area contributed by atoms with Crippen molar-refractivity contribution < 1.29 is 0 Å². The molecule has 102 valence electrons. The summed E-state index contributed by atoms with van der Waals surface area (Å²) in [6, 6.07) is 13.2. The predicted molar refractivity (Wildman–Crippen MR) is 83.8 cm³/mol. The van der Waals surface area contributed by atoms with Gasteiger partial charge in [-0.25, -0.2) is 0 Å². The van der Waals surface area contributed by atoms with Crippen LogP contribution in [-0.2, 0) is 6.42 Å². The normalized spacial score (nSPS) is 18.3. The van der Waals surface area contributed by atoms with Crippen molar-refractivity contribution in [3.05, 3.63) is 76.6 Å². The molecule has 2 aromatic rings. The summed E-state index contributed by atoms with van der Waals surface area (Å²) in [5.74, 6) is 0.382. The molecule has 0 radical (unpaired) electrons. The molecule has 1 heterocycles. The van der Waals surface area contributed by atoms with E-state index < -0.39 is 0 Å². The second kappa shape index (κ2) is 5.62. The van der Waals surface area contributed by atoms with Gasteiger partial charge in [0.25, 0.3) is 0 Å². The van der Waals surface area contributed by atoms with Gasteiger partial charge >= 0.3 is 0 Å². The van der Waals surface area contributed by atoms with Gasteiger partial charge in [0.2, 0.25) is 0 Å². The van der Waals surface area contributed by atoms with Gasteiger partial charge in [0.05, 0.1) is 0 Å². The highest BCUT2D eigenvalue weighted by Crippen LogP contribution is 2.40. The zero-order valence-corrected chi connectivity index (χ0v) is 12.3. The van der Waals surface area contributed by atoms with Gasteiger partial charge in [0, 0.05) is 18.3 Å². The van der Waals surface area contributed by atoms with Crippen molar-refractivity contribution in [1.29, 1.82) is 0 Å². The lowest BCUT2D eigenvalue weighted by atomic mass is 9.82. The third kappa shape index (κ3) is 2.40. The van der Waals surface area contributed by atoms with Crippen LogP contribution in [0.1, 0.15) is 49.3 Å². The van der Waals surface area contributed by atoms with Gasteiger partial charge < -0.3 is 0 Å². The molecule has 0 N–H and O–H groups in total. The monoisotopic (exact) mass is 263 g/mol. The highest BCUT2D eigenvalue weighted by atomic mass is 14.6. The average Bonchev–Trinajstić information content (AvgIpc) is 2.67. The molecule has 1 aliphatic rings. The van der Waals surface area contributed by atoms with Crippen LogP contribution in [0.15, 0.2) is 59.9 Å². The Morgan fingerprint density at radius 1 is 1.05 bits per heavy atom. The Morgan fingerprint density at radius 2 is 1.90 bits per heavy atom. The Morgan fingerprint density at radius 3 is 2.65 bits per heavy atom. The van der Waals surface area contributed by atoms with E-state index in [1.54, 1.807) is 5.57 Å². The Labute approximate surface area is 121 Å². The molecular formula is C19H21N. The molecule has 0 saturated heterocycles. The standard InChI is InChI=1S/C19H21N/c1-14(2)17-11-5-8-15-7-3-4-10-18(15)19(17)16-9-6-12-20-13-16/h3-4,6-7,9-10,12-13,19H,5,8,11H2,1-2H3. The van der Waals surface area contributed by atoms with Crippen molar-refractivity contribution in [3.63, 3.8) is 0 Å². The van der Waals surface area contributed by atoms with Crippen LogP contribution in [0.4, 0.5) is 0 Å². The van der Waals surface area contributed by atoms with E-state index in [4.69, 9.17) is 0 Å². The predicted octanol–water partition coefficient (Wildman–Crippen LogP) is 4.89. The van der Waals surface area contributed by atoms with E-state index in [1.807, 2.05) is 18.5 Å². The number of hydrogen-bond acceptors (Lipinski definition) is 1. The molecule has 0 fully saturated rings. The molecule has 20 heavy (non-hydrogen) atoms. The van der Waals surface area contributed by atoms with Crippen LogP contribution in [0.2, 0.25) is 0 Å². The quantitative estimate of drug-likeness (QED) is 0.527. The third-order valence-electron chi connectivity index (χ3n) is 4.27. The van der Waals surface area contributed by atoms with Gasteiger partial charge in [-0.1, -0.05) is 41.5 Å². The summed E-state index contributed by atoms with van der Waals surface area (Å²) in [5.41, 5.74) is 7.31. The minimum absolute atomic E-state index is 0.382. The molecule has 1 heteroatoms. The van der Waals surface area contributed by atoms with Crippen LogP contribution in [0.3, 0.4) is 0 Å². The molecule has 1 aromatic heterocycles. The number of allylic oxidation sites excluding steroid dienone is 2. The first kappa shape index (κ1) is 13.1. The lowest BCUT2D eigenvalue weighted by Crippen LogP contribution is -2.06. The average molecular weight is 263 g/mol. The first-order valence-electron chi connectivity index (χ1n) is 7.41. The van der Waals surface area contributed by atoms with E-state index in [0.717, 1.165) is 0 Å². The number of rotatable bonds is 1. The fourth-order valence-corrected chi connectivity index (χ4v) is 3.31. The topological polar surface area (TPSA) is 12.9 Å². The zero-order chi connectivity index (χ0) is 13.9. The molecule has 0 bridgehead atoms. The lowest BCUT2D eigenvalue weighted by molar-refractivity contribution is 0.789. The lowest BCUT2D eigenvalue weighted by Gasteiger charge is -2.22. The fraction of sp³-hybridized carbons (Fsp3) is 0.316. The molecule has 1 aromatic carbocycles. The molecular weight excluding hydrogens is 242 g/mol. The maximum Gasteiger partial charge on any atom is 0.0319 e. The molecule has 3 rings (SSSR count). The molecule has 1 nitrogen and oxygen atoms in total. The summed E-state index contributed by atoms with van der Waals surface area (Å²) < 4.78 is 0. The summed E-state index contributed by atoms with van der Waals surface area (Å²) in [6.07, 6.45) is 7.50. The maximum absolute atomic E-state index is 4.33. The van der Waals surface area contributed by atoms with E-state index in [0.29, 0.717) is 5.92 Å². The smallest absolute Gasteiger partial charge is 0.0319 e. The minimum Gasteiger partial charge on any atom is -0.264 e. The molecule has 0 spiro atoms. The number of pyridine rings is 1. The Bertz CT molecular complexity index is 621. The van der Waals surface area contributed by atoms with Crippen molar-refractivity contribution in [3.8, 4) is 0 Å². The Hall–Kier alpha value is -1.89. The summed E-state index contributed by atoms with van der Waals surface area (Å²) in [7, 11) is 0. The van der Waals surface area contributed by atoms with Crippen LogP contribution in [-0.4, -0.2) is 4.98 Å². The second-order valence-corrected chi connectivity index (χ2v) is 5.80. The van der Waals surface area contributed by atoms with Crippen LogP contribution >= 0.6 is 0 Å². The number of benzene rings is 1. The SMILES string of the molecule is CC(C)=C1CCCc2ccccc2C1c1cccnc1. The minimum atomic E-state index is 0.382. The van der Waals surface area contributed by atoms with Crippen LogP contribution in [0.25, 0.3) is 0 Å². The van der Waals surface area contributed by atoms with Crippen LogP contribution < -0.4 is 0 Å². The van der Waals surface area contributed by atoms with Crippen molar-refractivity contribution in [2.75, 3.05) is 0 Å². The number of hydrogen-bond donors (Lipinski definition) is 0. The summed E-state index contributed by atoms with van der Waals surface area (Å²) in [6.45, 7) is 4.49. The molecule has 0 amide bonds. The highest BCUT2D eigenvalue weighted by Gasteiger charge is 2.24. The summed E-state index contributed by atoms with van der Waals surface area (Å²) >= 11 is 0. The van der Waals surface area contributed by atoms with Crippen molar-refractivity contribution in [1.82, 2.24) is 4.98 Å². The zero-order valence-electron chi connectivity index (χ0n) is 12.3. The van der Waals surface area contributed by atoms with Crippen molar-refractivity contribution >= 4 is 0 Å². The summed E-state index contributed by atoms with van der Waals surface area (Å²) in [5, 5.41) is 0. The van der Waals surface area contributed by atoms with Gasteiger partial charge in [-0.05, 0) is 55.9 Å². The number of nitrogens with zero attached hydrogens (tertiary/aromatic N) is 1. The van der Waals surface area contributed by atoms with E-state index >= 15 is 0 Å². The third-order valence-corrected chi connectivity index (χ3v) is 4.27. The number of aromatic nitrogens is 1. The van der Waals surface area contributed by atoms with Crippen LogP contribution in [0, 0.1) is 0 Å². The van der Waals surface area contributed by atoms with E-state index in [-0.39, 0.29) is 0 Å². The van der Waals surface area contributed by atoms with Crippen molar-refractivity contribution in [2.45, 2.75) is 39.0 Å². The molecule has 0 saturated carbocycles. The molecule has 0 aliphatic heterocycles. The van der Waals surface area contributed by atoms with Crippen molar-refractivity contribution in [2.24, 2.45) is 0 Å². The molecule has 1 atom stereocenters. The van der Waals surface area contributed by atoms with Gasteiger partial charge in [-0.2, -0.15) is 0 Å².